The maximum Gasteiger partial charge on any atom is 0.136 e. The van der Waals surface area contributed by atoms with Gasteiger partial charge in [0.25, 0.3) is 0 Å². The van der Waals surface area contributed by atoms with Crippen LogP contribution in [0.2, 0.25) is 0 Å². The normalized spacial score (nSPS) is 11.5. The highest BCUT2D eigenvalue weighted by atomic mass is 16.3. The Hall–Kier alpha value is -9.18. The van der Waals surface area contributed by atoms with Crippen molar-refractivity contribution in [2.24, 2.45) is 0 Å². The van der Waals surface area contributed by atoms with Gasteiger partial charge in [0.2, 0.25) is 0 Å². The second-order valence-corrected chi connectivity index (χ2v) is 17.6. The van der Waals surface area contributed by atoms with E-state index >= 15 is 0 Å². The van der Waals surface area contributed by atoms with Crippen LogP contribution in [-0.4, -0.2) is 4.57 Å². The molecule has 0 saturated carbocycles. The van der Waals surface area contributed by atoms with E-state index < -0.39 is 0 Å². The van der Waals surface area contributed by atoms with Gasteiger partial charge < -0.3 is 13.9 Å². The Balaban J connectivity index is 0.942. The Morgan fingerprint density at radius 3 is 1.43 bits per heavy atom. The molecule has 0 unspecified atom stereocenters. The van der Waals surface area contributed by atoms with Crippen molar-refractivity contribution in [3.05, 3.63) is 267 Å². The van der Waals surface area contributed by atoms with Crippen molar-refractivity contribution in [3.8, 4) is 61.3 Å². The van der Waals surface area contributed by atoms with E-state index in [1.807, 2.05) is 12.1 Å². The summed E-state index contributed by atoms with van der Waals surface area (Å²) in [6, 6.07) is 96.2. The SMILES string of the molecule is c1ccc(-c2ccccc2-c2ccccc2-c2ccccc2N(c2ccc(-c3ccc4c(c3)oc3ccccc34)cc2)c2ccc(-c3ccc4c5ccccc5n(-c5ccccc5)c4c3)cc2)cc1. The lowest BCUT2D eigenvalue weighted by atomic mass is 9.88. The number of nitrogens with zero attached hydrogens (tertiary/aromatic N) is 2. The highest BCUT2D eigenvalue weighted by Gasteiger charge is 2.21. The van der Waals surface area contributed by atoms with Gasteiger partial charge in [-0.05, 0) is 123 Å². The average Bonchev–Trinajstić information content (AvgIpc) is 3.97. The topological polar surface area (TPSA) is 21.3 Å². The number of hydrogen-bond acceptors (Lipinski definition) is 2. The predicted molar refractivity (Wildman–Crippen MR) is 290 cm³/mol. The van der Waals surface area contributed by atoms with E-state index in [1.54, 1.807) is 0 Å². The summed E-state index contributed by atoms with van der Waals surface area (Å²) in [6.07, 6.45) is 0. The smallest absolute Gasteiger partial charge is 0.136 e. The lowest BCUT2D eigenvalue weighted by Crippen LogP contribution is -2.11. The molecular weight excluding hydrogens is 837 g/mol. The maximum atomic E-state index is 6.31. The highest BCUT2D eigenvalue weighted by molar-refractivity contribution is 6.10. The van der Waals surface area contributed by atoms with Crippen LogP contribution in [0, 0.1) is 0 Å². The fraction of sp³-hybridized carbons (Fsp3) is 0. The largest absolute Gasteiger partial charge is 0.456 e. The summed E-state index contributed by atoms with van der Waals surface area (Å²) < 4.78 is 8.70. The minimum atomic E-state index is 0.890. The van der Waals surface area contributed by atoms with Crippen LogP contribution in [-0.2, 0) is 0 Å². The highest BCUT2D eigenvalue weighted by Crippen LogP contribution is 2.46. The molecule has 0 aliphatic heterocycles. The van der Waals surface area contributed by atoms with Crippen molar-refractivity contribution in [2.75, 3.05) is 4.90 Å². The second-order valence-electron chi connectivity index (χ2n) is 17.6. The van der Waals surface area contributed by atoms with Gasteiger partial charge in [-0.3, -0.25) is 0 Å². The second kappa shape index (κ2) is 16.9. The van der Waals surface area contributed by atoms with E-state index in [9.17, 15) is 0 Å². The number of rotatable bonds is 9. The summed E-state index contributed by atoms with van der Waals surface area (Å²) in [4.78, 5) is 2.40. The Bertz CT molecular complexity index is 4000. The van der Waals surface area contributed by atoms with Crippen molar-refractivity contribution in [1.82, 2.24) is 4.57 Å². The van der Waals surface area contributed by atoms with E-state index in [-0.39, 0.29) is 0 Å². The van der Waals surface area contributed by atoms with Crippen molar-refractivity contribution in [2.45, 2.75) is 0 Å². The third kappa shape index (κ3) is 7.08. The van der Waals surface area contributed by atoms with Crippen LogP contribution in [0.3, 0.4) is 0 Å². The maximum absolute atomic E-state index is 6.31. The molecule has 13 rings (SSSR count). The molecule has 0 radical (unpaired) electrons. The van der Waals surface area contributed by atoms with E-state index in [4.69, 9.17) is 4.42 Å². The molecule has 2 aromatic heterocycles. The Morgan fingerprint density at radius 2 is 0.739 bits per heavy atom. The first-order valence-electron chi connectivity index (χ1n) is 23.6. The number of para-hydroxylation sites is 4. The summed E-state index contributed by atoms with van der Waals surface area (Å²) in [5, 5.41) is 4.75. The fourth-order valence-corrected chi connectivity index (χ4v) is 10.4. The number of fused-ring (bicyclic) bond motifs is 6. The molecule has 3 nitrogen and oxygen atoms in total. The molecule has 2 heterocycles. The molecule has 324 valence electrons. The van der Waals surface area contributed by atoms with Gasteiger partial charge in [-0.2, -0.15) is 0 Å². The van der Waals surface area contributed by atoms with Gasteiger partial charge in [0.05, 0.1) is 16.7 Å². The molecule has 0 atom stereocenters. The molecule has 0 bridgehead atoms. The van der Waals surface area contributed by atoms with Crippen molar-refractivity contribution in [3.63, 3.8) is 0 Å². The van der Waals surface area contributed by atoms with Crippen LogP contribution < -0.4 is 4.90 Å². The third-order valence-corrected chi connectivity index (χ3v) is 13.6. The molecule has 0 aliphatic rings. The lowest BCUT2D eigenvalue weighted by Gasteiger charge is -2.29. The van der Waals surface area contributed by atoms with Gasteiger partial charge >= 0.3 is 0 Å². The standard InChI is InChI=1S/C66H44N2O/c1-3-17-47(18-4-1)53-21-7-8-22-54(53)55-23-9-10-24-56(55)57-25-11-14-28-62(57)67(52-39-33-46(34-40-52)49-36-42-61-60-27-13-16-30-65(60)69-66(61)44-49)51-37-31-45(32-38-51)48-35-41-59-58-26-12-15-29-63(58)68(64(59)43-48)50-19-5-2-6-20-50/h1-44H. The van der Waals surface area contributed by atoms with Crippen molar-refractivity contribution < 1.29 is 4.42 Å². The first kappa shape index (κ1) is 40.1. The van der Waals surface area contributed by atoms with Crippen molar-refractivity contribution >= 4 is 60.8 Å². The molecule has 0 amide bonds. The van der Waals surface area contributed by atoms with E-state index in [0.717, 1.165) is 78.1 Å². The Kier molecular flexibility index (Phi) is 9.84. The van der Waals surface area contributed by atoms with E-state index in [2.05, 4.69) is 264 Å². The summed E-state index contributed by atoms with van der Waals surface area (Å²) in [6.45, 7) is 0. The molecule has 69 heavy (non-hydrogen) atoms. The summed E-state index contributed by atoms with van der Waals surface area (Å²) in [5.41, 5.74) is 20.1. The fourth-order valence-electron chi connectivity index (χ4n) is 10.4. The molecule has 0 saturated heterocycles. The number of anilines is 3. The monoisotopic (exact) mass is 880 g/mol. The molecular formula is C66H44N2O. The van der Waals surface area contributed by atoms with Crippen LogP contribution in [0.5, 0.6) is 0 Å². The first-order valence-corrected chi connectivity index (χ1v) is 23.6. The van der Waals surface area contributed by atoms with Gasteiger partial charge in [-0.25, -0.2) is 0 Å². The van der Waals surface area contributed by atoms with Gasteiger partial charge in [-0.1, -0.05) is 194 Å². The number of hydrogen-bond donors (Lipinski definition) is 0. The summed E-state index contributed by atoms with van der Waals surface area (Å²) in [7, 11) is 0. The average molecular weight is 881 g/mol. The van der Waals surface area contributed by atoms with Gasteiger partial charge in [-0.15, -0.1) is 0 Å². The zero-order valence-corrected chi connectivity index (χ0v) is 37.7. The van der Waals surface area contributed by atoms with Gasteiger partial charge in [0.15, 0.2) is 0 Å². The van der Waals surface area contributed by atoms with Crippen LogP contribution in [0.25, 0.3) is 105 Å². The predicted octanol–water partition coefficient (Wildman–Crippen LogP) is 18.5. The van der Waals surface area contributed by atoms with Gasteiger partial charge in [0.1, 0.15) is 11.2 Å². The van der Waals surface area contributed by atoms with Gasteiger partial charge in [0, 0.05) is 44.2 Å². The van der Waals surface area contributed by atoms with E-state index in [0.29, 0.717) is 0 Å². The Labute approximate surface area is 401 Å². The zero-order chi connectivity index (χ0) is 45.7. The number of aromatic nitrogens is 1. The molecule has 3 heteroatoms. The summed E-state index contributed by atoms with van der Waals surface area (Å²) in [5.74, 6) is 0. The minimum absolute atomic E-state index is 0.890. The number of benzene rings is 11. The van der Waals surface area contributed by atoms with E-state index in [1.165, 1.54) is 44.1 Å². The zero-order valence-electron chi connectivity index (χ0n) is 37.7. The van der Waals surface area contributed by atoms with Crippen molar-refractivity contribution in [1.29, 1.82) is 0 Å². The Morgan fingerprint density at radius 1 is 0.275 bits per heavy atom. The lowest BCUT2D eigenvalue weighted by molar-refractivity contribution is 0.669. The first-order chi connectivity index (χ1) is 34.2. The van der Waals surface area contributed by atoms with Crippen LogP contribution in [0.1, 0.15) is 0 Å². The summed E-state index contributed by atoms with van der Waals surface area (Å²) >= 11 is 0. The minimum Gasteiger partial charge on any atom is -0.456 e. The quantitative estimate of drug-likeness (QED) is 0.144. The molecule has 11 aromatic carbocycles. The molecule has 0 fully saturated rings. The molecule has 0 aliphatic carbocycles. The van der Waals surface area contributed by atoms with Crippen LogP contribution >= 0.6 is 0 Å². The number of furan rings is 1. The molecule has 0 N–H and O–H groups in total. The molecule has 0 spiro atoms. The van der Waals surface area contributed by atoms with Crippen LogP contribution in [0.15, 0.2) is 271 Å². The third-order valence-electron chi connectivity index (χ3n) is 13.6. The van der Waals surface area contributed by atoms with Crippen LogP contribution in [0.4, 0.5) is 17.1 Å². The molecule has 13 aromatic rings.